The molecule has 3 heterocycles. The molecule has 0 saturated carbocycles. The molecule has 3 aliphatic heterocycles. The maximum atomic E-state index is 13.4. The van der Waals surface area contributed by atoms with Crippen LogP contribution in [0.3, 0.4) is 0 Å². The predicted molar refractivity (Wildman–Crippen MR) is 106 cm³/mol. The van der Waals surface area contributed by atoms with E-state index < -0.39 is 11.5 Å². The molecule has 2 aromatic carbocycles. The van der Waals surface area contributed by atoms with E-state index in [-0.39, 0.29) is 29.9 Å². The van der Waals surface area contributed by atoms with Crippen molar-refractivity contribution in [1.29, 1.82) is 0 Å². The number of piperazine rings is 1. The second-order valence-electron chi connectivity index (χ2n) is 8.97. The molecule has 0 radical (unpaired) electrons. The van der Waals surface area contributed by atoms with Gasteiger partial charge in [-0.15, -0.1) is 0 Å². The number of nitrogens with zero attached hydrogens (tertiary/aromatic N) is 3. The maximum Gasteiger partial charge on any atom is 0.332 e. The summed E-state index contributed by atoms with van der Waals surface area (Å²) in [5.41, 5.74) is 0.117. The summed E-state index contributed by atoms with van der Waals surface area (Å²) in [6.07, 6.45) is 0.688. The van der Waals surface area contributed by atoms with Crippen molar-refractivity contribution in [2.24, 2.45) is 5.41 Å². The minimum atomic E-state index is -0.573. The topological polar surface area (TPSA) is 60.9 Å². The van der Waals surface area contributed by atoms with Crippen LogP contribution in [0.15, 0.2) is 42.5 Å². The zero-order valence-corrected chi connectivity index (χ0v) is 16.3. The third kappa shape index (κ3) is 2.17. The van der Waals surface area contributed by atoms with Crippen LogP contribution in [0.5, 0.6) is 0 Å². The van der Waals surface area contributed by atoms with Crippen LogP contribution in [0.25, 0.3) is 10.8 Å². The first-order valence-corrected chi connectivity index (χ1v) is 9.74. The van der Waals surface area contributed by atoms with E-state index in [1.54, 1.807) is 4.90 Å². The summed E-state index contributed by atoms with van der Waals surface area (Å²) in [6, 6.07) is 12.3. The molecule has 6 nitrogen and oxygen atoms in total. The number of hydrogen-bond acceptors (Lipinski definition) is 3. The van der Waals surface area contributed by atoms with Crippen molar-refractivity contribution < 1.29 is 14.4 Å². The second-order valence-corrected chi connectivity index (χ2v) is 8.97. The van der Waals surface area contributed by atoms with Crippen molar-refractivity contribution in [3.05, 3.63) is 42.5 Å². The fraction of sp³-hybridized carbons (Fsp3) is 0.409. The molecule has 2 aromatic rings. The number of urea groups is 1. The van der Waals surface area contributed by atoms with Crippen LogP contribution in [-0.4, -0.2) is 52.3 Å². The summed E-state index contributed by atoms with van der Waals surface area (Å²) in [5.74, 6) is -0.177. The third-order valence-electron chi connectivity index (χ3n) is 6.17. The van der Waals surface area contributed by atoms with E-state index in [0.717, 1.165) is 10.8 Å². The van der Waals surface area contributed by atoms with Crippen LogP contribution in [0, 0.1) is 5.41 Å². The minimum absolute atomic E-state index is 0.0449. The van der Waals surface area contributed by atoms with Crippen LogP contribution < -0.4 is 4.90 Å². The lowest BCUT2D eigenvalue weighted by Crippen LogP contribution is -2.56. The molecule has 28 heavy (non-hydrogen) atoms. The predicted octanol–water partition coefficient (Wildman–Crippen LogP) is 3.01. The van der Waals surface area contributed by atoms with Crippen LogP contribution in [-0.2, 0) is 9.59 Å². The summed E-state index contributed by atoms with van der Waals surface area (Å²) < 4.78 is 0. The molecule has 3 aliphatic rings. The van der Waals surface area contributed by atoms with Gasteiger partial charge < -0.3 is 9.80 Å². The highest BCUT2D eigenvalue weighted by Crippen LogP contribution is 2.44. The Morgan fingerprint density at radius 1 is 1.04 bits per heavy atom. The third-order valence-corrected chi connectivity index (χ3v) is 6.17. The Balaban J connectivity index is 1.54. The Morgan fingerprint density at radius 3 is 2.50 bits per heavy atom. The molecule has 0 aliphatic carbocycles. The summed E-state index contributed by atoms with van der Waals surface area (Å²) in [7, 11) is 0. The molecule has 3 atom stereocenters. The molecule has 5 rings (SSSR count). The number of likely N-dealkylation sites (tertiary alicyclic amines) is 1. The number of benzene rings is 2. The number of imide groups is 1. The number of carbonyl (C=O) groups excluding carboxylic acids is 3. The fourth-order valence-electron chi connectivity index (χ4n) is 4.95. The van der Waals surface area contributed by atoms with Crippen LogP contribution in [0.1, 0.15) is 27.2 Å². The van der Waals surface area contributed by atoms with Gasteiger partial charge in [0.15, 0.2) is 0 Å². The Kier molecular flexibility index (Phi) is 3.42. The quantitative estimate of drug-likeness (QED) is 0.718. The largest absolute Gasteiger partial charge is 0.334 e. The lowest BCUT2D eigenvalue weighted by Gasteiger charge is -2.37. The first-order chi connectivity index (χ1) is 13.3. The molecule has 2 bridgehead atoms. The van der Waals surface area contributed by atoms with Crippen LogP contribution in [0.2, 0.25) is 0 Å². The standard InChI is InChI=1S/C22H23N3O3/c1-22(2,3)20(27)23-12-14-11-17(23)18-19(26)25(21(28)24(14)18)16-10-6-8-13-7-4-5-9-15(13)16/h4-10,14,17-18H,11-12H2,1-3H3/t14-,17?,18+/m1/s1. The molecular formula is C22H23N3O3. The number of anilines is 1. The van der Waals surface area contributed by atoms with Crippen molar-refractivity contribution in [3.63, 3.8) is 0 Å². The van der Waals surface area contributed by atoms with E-state index in [1.807, 2.05) is 68.1 Å². The van der Waals surface area contributed by atoms with Crippen molar-refractivity contribution in [3.8, 4) is 0 Å². The van der Waals surface area contributed by atoms with E-state index in [4.69, 9.17) is 0 Å². The Bertz CT molecular complexity index is 1020. The Morgan fingerprint density at radius 2 is 1.75 bits per heavy atom. The van der Waals surface area contributed by atoms with Gasteiger partial charge in [-0.3, -0.25) is 9.59 Å². The van der Waals surface area contributed by atoms with Crippen molar-refractivity contribution in [2.45, 2.75) is 45.3 Å². The molecule has 0 aromatic heterocycles. The zero-order chi connectivity index (χ0) is 19.8. The normalized spacial score (nSPS) is 26.5. The first-order valence-electron chi connectivity index (χ1n) is 9.74. The SMILES string of the molecule is CC(C)(C)C(=O)N1C[C@H]2CC1[C@H]1C(=O)N(c3cccc4ccccc34)C(=O)N21. The molecule has 1 unspecified atom stereocenters. The van der Waals surface area contributed by atoms with Gasteiger partial charge in [0.05, 0.1) is 17.8 Å². The van der Waals surface area contributed by atoms with Gasteiger partial charge in [-0.05, 0) is 17.9 Å². The smallest absolute Gasteiger partial charge is 0.332 e. The van der Waals surface area contributed by atoms with Crippen LogP contribution in [0.4, 0.5) is 10.5 Å². The van der Waals surface area contributed by atoms with E-state index in [1.165, 1.54) is 4.90 Å². The highest BCUT2D eigenvalue weighted by Gasteiger charge is 2.63. The second kappa shape index (κ2) is 5.56. The number of amides is 4. The van der Waals surface area contributed by atoms with E-state index in [9.17, 15) is 14.4 Å². The van der Waals surface area contributed by atoms with Gasteiger partial charge in [0.25, 0.3) is 5.91 Å². The highest BCUT2D eigenvalue weighted by molar-refractivity contribution is 6.25. The molecule has 0 N–H and O–H groups in total. The van der Waals surface area contributed by atoms with Crippen molar-refractivity contribution in [1.82, 2.24) is 9.80 Å². The average molecular weight is 377 g/mol. The minimum Gasteiger partial charge on any atom is -0.334 e. The van der Waals surface area contributed by atoms with Crippen molar-refractivity contribution >= 4 is 34.3 Å². The summed E-state index contributed by atoms with van der Waals surface area (Å²) >= 11 is 0. The van der Waals surface area contributed by atoms with Crippen LogP contribution >= 0.6 is 0 Å². The monoisotopic (exact) mass is 377 g/mol. The average Bonchev–Trinajstić information content (AvgIpc) is 3.31. The first kappa shape index (κ1) is 17.2. The molecule has 6 heteroatoms. The fourth-order valence-corrected chi connectivity index (χ4v) is 4.95. The van der Waals surface area contributed by atoms with Gasteiger partial charge in [0.2, 0.25) is 5.91 Å². The maximum absolute atomic E-state index is 13.4. The zero-order valence-electron chi connectivity index (χ0n) is 16.3. The van der Waals surface area contributed by atoms with Gasteiger partial charge >= 0.3 is 6.03 Å². The van der Waals surface area contributed by atoms with Gasteiger partial charge in [-0.25, -0.2) is 9.69 Å². The van der Waals surface area contributed by atoms with Gasteiger partial charge in [0, 0.05) is 17.3 Å². The van der Waals surface area contributed by atoms with Crippen molar-refractivity contribution in [2.75, 3.05) is 11.4 Å². The van der Waals surface area contributed by atoms with Gasteiger partial charge in [0.1, 0.15) is 6.04 Å². The van der Waals surface area contributed by atoms with E-state index >= 15 is 0 Å². The van der Waals surface area contributed by atoms with Gasteiger partial charge in [-0.2, -0.15) is 0 Å². The molecule has 3 saturated heterocycles. The highest BCUT2D eigenvalue weighted by atomic mass is 16.2. The Hall–Kier alpha value is -2.89. The van der Waals surface area contributed by atoms with E-state index in [2.05, 4.69) is 0 Å². The molecule has 4 amide bonds. The molecule has 0 spiro atoms. The summed E-state index contributed by atoms with van der Waals surface area (Å²) in [4.78, 5) is 44.3. The lowest BCUT2D eigenvalue weighted by molar-refractivity contribution is -0.143. The number of hydrogen-bond donors (Lipinski definition) is 0. The lowest BCUT2D eigenvalue weighted by atomic mass is 9.93. The van der Waals surface area contributed by atoms with E-state index in [0.29, 0.717) is 18.7 Å². The summed E-state index contributed by atoms with van der Waals surface area (Å²) in [6.45, 7) is 6.19. The summed E-state index contributed by atoms with van der Waals surface area (Å²) in [5, 5.41) is 1.86. The van der Waals surface area contributed by atoms with Gasteiger partial charge in [-0.1, -0.05) is 57.2 Å². The number of carbonyl (C=O) groups is 3. The molecule has 144 valence electrons. The molecular weight excluding hydrogens is 354 g/mol. The number of fused-ring (bicyclic) bond motifs is 6. The molecule has 3 fully saturated rings. The Labute approximate surface area is 163 Å². The number of rotatable bonds is 1.